The van der Waals surface area contributed by atoms with Crippen LogP contribution in [0.5, 0.6) is 11.5 Å². The van der Waals surface area contributed by atoms with E-state index in [4.69, 9.17) is 13.9 Å². The van der Waals surface area contributed by atoms with Crippen molar-refractivity contribution in [3.8, 4) is 33.8 Å². The molecule has 3 heterocycles. The Morgan fingerprint density at radius 3 is 1.77 bits per heavy atom. The number of para-hydroxylation sites is 6. The summed E-state index contributed by atoms with van der Waals surface area (Å²) in [6.07, 6.45) is 15.2. The molecule has 0 N–H and O–H groups in total. The van der Waals surface area contributed by atoms with Gasteiger partial charge in [0.25, 0.3) is 0 Å². The smallest absolute Gasteiger partial charge is 0.144 e. The first-order valence-electron chi connectivity index (χ1n) is 18.6. The average molecular weight is 689 g/mol. The van der Waals surface area contributed by atoms with E-state index in [-0.39, 0.29) is 24.3 Å². The van der Waals surface area contributed by atoms with Gasteiger partial charge in [-0.2, -0.15) is 0 Å². The highest BCUT2D eigenvalue weighted by Gasteiger charge is 2.37. The molecule has 53 heavy (non-hydrogen) atoms. The van der Waals surface area contributed by atoms with E-state index in [1.54, 1.807) is 0 Å². The zero-order chi connectivity index (χ0) is 34.9. The summed E-state index contributed by atoms with van der Waals surface area (Å²) < 4.78 is 19.9. The molecule has 6 aromatic carbocycles. The molecule has 4 aliphatic rings. The van der Waals surface area contributed by atoms with E-state index in [2.05, 4.69) is 174 Å². The lowest BCUT2D eigenvalue weighted by molar-refractivity contribution is 0.160. The topological polar surface area (TPSA) is 38.1 Å². The second-order valence-electron chi connectivity index (χ2n) is 14.2. The minimum Gasteiger partial charge on any atom is -0.486 e. The Labute approximate surface area is 308 Å². The molecule has 0 radical (unpaired) electrons. The van der Waals surface area contributed by atoms with Crippen LogP contribution in [0.2, 0.25) is 0 Å². The van der Waals surface area contributed by atoms with Crippen LogP contribution in [-0.4, -0.2) is 24.3 Å². The van der Waals surface area contributed by atoms with Crippen LogP contribution < -0.4 is 19.3 Å². The van der Waals surface area contributed by atoms with Crippen molar-refractivity contribution in [1.82, 2.24) is 0 Å². The molecule has 4 atom stereocenters. The summed E-state index contributed by atoms with van der Waals surface area (Å²) in [5.74, 6) is 1.83. The lowest BCUT2D eigenvalue weighted by atomic mass is 9.94. The van der Waals surface area contributed by atoms with Gasteiger partial charge in [-0.05, 0) is 78.6 Å². The first-order valence-corrected chi connectivity index (χ1v) is 18.6. The van der Waals surface area contributed by atoms with Crippen molar-refractivity contribution in [2.24, 2.45) is 0 Å². The first kappa shape index (κ1) is 30.2. The van der Waals surface area contributed by atoms with Crippen molar-refractivity contribution < 1.29 is 13.9 Å². The lowest BCUT2D eigenvalue weighted by Gasteiger charge is -2.43. The summed E-state index contributed by atoms with van der Waals surface area (Å²) in [4.78, 5) is 4.84. The fourth-order valence-corrected chi connectivity index (χ4v) is 8.78. The van der Waals surface area contributed by atoms with Crippen LogP contribution in [0.4, 0.5) is 22.7 Å². The Morgan fingerprint density at radius 1 is 0.509 bits per heavy atom. The number of fused-ring (bicyclic) bond motifs is 7. The summed E-state index contributed by atoms with van der Waals surface area (Å²) in [5.41, 5.74) is 10.6. The Bertz CT molecular complexity index is 2550. The molecule has 1 aromatic heterocycles. The molecule has 7 aromatic rings. The third-order valence-electron chi connectivity index (χ3n) is 11.2. The molecule has 2 aliphatic heterocycles. The Morgan fingerprint density at radius 2 is 1.09 bits per heavy atom. The molecule has 0 spiro atoms. The maximum absolute atomic E-state index is 6.98. The number of ether oxygens (including phenoxy) is 2. The third-order valence-corrected chi connectivity index (χ3v) is 11.2. The third kappa shape index (κ3) is 4.84. The summed E-state index contributed by atoms with van der Waals surface area (Å²) in [7, 11) is 0. The van der Waals surface area contributed by atoms with Crippen molar-refractivity contribution in [3.05, 3.63) is 170 Å². The van der Waals surface area contributed by atoms with Gasteiger partial charge in [-0.25, -0.2) is 0 Å². The number of anilines is 4. The maximum Gasteiger partial charge on any atom is 0.144 e. The molecular weight excluding hydrogens is 653 g/mol. The van der Waals surface area contributed by atoms with E-state index >= 15 is 0 Å². The number of nitrogens with zero attached hydrogens (tertiary/aromatic N) is 2. The molecule has 0 saturated carbocycles. The Kier molecular flexibility index (Phi) is 6.87. The SMILES string of the molecule is C1=CC2Oc3ccccc3N(c3cccc(-c4cccc5c4oc4c(-c6cccc(N7c8ccccc8OC8CCC=CC87)c6)cccc45)c3)C2C=C1. The summed E-state index contributed by atoms with van der Waals surface area (Å²) in [5, 5.41) is 2.22. The number of allylic oxidation sites excluding steroid dienone is 3. The van der Waals surface area contributed by atoms with Gasteiger partial charge in [0.15, 0.2) is 0 Å². The van der Waals surface area contributed by atoms with Crippen LogP contribution in [0, 0.1) is 0 Å². The molecule has 5 heteroatoms. The maximum atomic E-state index is 6.98. The number of hydrogen-bond donors (Lipinski definition) is 0. The van der Waals surface area contributed by atoms with Gasteiger partial charge in [0.05, 0.1) is 23.5 Å². The number of furan rings is 1. The predicted molar refractivity (Wildman–Crippen MR) is 215 cm³/mol. The Balaban J connectivity index is 1.02. The van der Waals surface area contributed by atoms with Crippen LogP contribution in [0.15, 0.2) is 174 Å². The van der Waals surface area contributed by atoms with E-state index in [9.17, 15) is 0 Å². The minimum absolute atomic E-state index is 0.0522. The van der Waals surface area contributed by atoms with E-state index in [1.165, 1.54) is 0 Å². The van der Waals surface area contributed by atoms with Crippen LogP contribution >= 0.6 is 0 Å². The van der Waals surface area contributed by atoms with Gasteiger partial charge in [0.1, 0.15) is 34.9 Å². The first-order chi connectivity index (χ1) is 26.3. The molecule has 2 aliphatic carbocycles. The van der Waals surface area contributed by atoms with Crippen LogP contribution in [0.25, 0.3) is 44.2 Å². The monoisotopic (exact) mass is 688 g/mol. The molecule has 0 amide bonds. The zero-order valence-corrected chi connectivity index (χ0v) is 29.0. The second-order valence-corrected chi connectivity index (χ2v) is 14.2. The fourth-order valence-electron chi connectivity index (χ4n) is 8.78. The van der Waals surface area contributed by atoms with Gasteiger partial charge in [-0.15, -0.1) is 0 Å². The fraction of sp³-hybridized carbons (Fsp3) is 0.125. The van der Waals surface area contributed by atoms with Gasteiger partial charge in [0, 0.05) is 33.3 Å². The van der Waals surface area contributed by atoms with Crippen molar-refractivity contribution in [2.45, 2.75) is 37.1 Å². The van der Waals surface area contributed by atoms with Crippen molar-refractivity contribution in [3.63, 3.8) is 0 Å². The largest absolute Gasteiger partial charge is 0.486 e. The van der Waals surface area contributed by atoms with Gasteiger partial charge in [-0.3, -0.25) is 0 Å². The Hall–Kier alpha value is -6.46. The van der Waals surface area contributed by atoms with Crippen LogP contribution in [-0.2, 0) is 0 Å². The van der Waals surface area contributed by atoms with Crippen molar-refractivity contribution >= 4 is 44.7 Å². The van der Waals surface area contributed by atoms with E-state index in [0.29, 0.717) is 0 Å². The molecule has 11 rings (SSSR count). The molecule has 5 nitrogen and oxygen atoms in total. The quantitative estimate of drug-likeness (QED) is 0.172. The van der Waals surface area contributed by atoms with E-state index in [1.807, 2.05) is 6.07 Å². The summed E-state index contributed by atoms with van der Waals surface area (Å²) >= 11 is 0. The average Bonchev–Trinajstić information content (AvgIpc) is 3.61. The summed E-state index contributed by atoms with van der Waals surface area (Å²) in [6.45, 7) is 0. The van der Waals surface area contributed by atoms with Crippen molar-refractivity contribution in [1.29, 1.82) is 0 Å². The van der Waals surface area contributed by atoms with Crippen LogP contribution in [0.1, 0.15) is 12.8 Å². The molecule has 0 fully saturated rings. The van der Waals surface area contributed by atoms with E-state index < -0.39 is 0 Å². The molecule has 0 bridgehead atoms. The zero-order valence-electron chi connectivity index (χ0n) is 29.0. The standard InChI is InChI=1S/C48H36N2O3/c1-5-25-43-39(21-1)49(40-22-2-6-26-44(40)51-43)33-15-9-13-31(29-33)35-17-11-19-37-38-20-12-18-36(48(38)53-47(35)37)32-14-10-16-34(30-32)50-41-23-3-7-27-45(41)52-46-28-8-4-24-42(46)50/h1-7,9-27,29-30,39,42-43,46H,8,28H2. The molecular formula is C48H36N2O3. The van der Waals surface area contributed by atoms with Gasteiger partial charge in [-0.1, -0.05) is 115 Å². The molecule has 0 saturated heterocycles. The highest BCUT2D eigenvalue weighted by Crippen LogP contribution is 2.47. The van der Waals surface area contributed by atoms with Gasteiger partial charge >= 0.3 is 0 Å². The van der Waals surface area contributed by atoms with E-state index in [0.717, 1.165) is 91.3 Å². The minimum atomic E-state index is -0.0622. The highest BCUT2D eigenvalue weighted by atomic mass is 16.5. The normalized spacial score (nSPS) is 21.1. The van der Waals surface area contributed by atoms with Gasteiger partial charge in [0.2, 0.25) is 0 Å². The number of hydrogen-bond acceptors (Lipinski definition) is 5. The predicted octanol–water partition coefficient (Wildman–Crippen LogP) is 11.9. The van der Waals surface area contributed by atoms with Crippen molar-refractivity contribution in [2.75, 3.05) is 9.80 Å². The second kappa shape index (κ2) is 12.1. The highest BCUT2D eigenvalue weighted by molar-refractivity contribution is 6.13. The van der Waals surface area contributed by atoms with Crippen LogP contribution in [0.3, 0.4) is 0 Å². The number of benzene rings is 6. The molecule has 256 valence electrons. The molecule has 4 unspecified atom stereocenters. The summed E-state index contributed by atoms with van der Waals surface area (Å²) in [6, 6.07) is 47.6. The lowest BCUT2D eigenvalue weighted by Crippen LogP contribution is -2.47. The van der Waals surface area contributed by atoms with Gasteiger partial charge < -0.3 is 23.7 Å². The number of rotatable bonds is 4.